The summed E-state index contributed by atoms with van der Waals surface area (Å²) in [5.74, 6) is -0.189. The van der Waals surface area contributed by atoms with E-state index in [1.807, 2.05) is 38.1 Å². The quantitative estimate of drug-likeness (QED) is 0.700. The predicted molar refractivity (Wildman–Crippen MR) is 74.9 cm³/mol. The van der Waals surface area contributed by atoms with E-state index in [-0.39, 0.29) is 18.6 Å². The van der Waals surface area contributed by atoms with Crippen LogP contribution in [0.5, 0.6) is 0 Å². The maximum atomic E-state index is 11.7. The molecule has 106 valence electrons. The van der Waals surface area contributed by atoms with Gasteiger partial charge in [0.05, 0.1) is 19.3 Å². The minimum absolute atomic E-state index is 0.0142. The van der Waals surface area contributed by atoms with Gasteiger partial charge in [-0.25, -0.2) is 0 Å². The SMILES string of the molecule is CC(C)OCCOCC(=O)Nc1ccccc1CN. The number of nitrogens with two attached hydrogens (primary N) is 1. The van der Waals surface area contributed by atoms with Crippen molar-refractivity contribution in [1.82, 2.24) is 0 Å². The van der Waals surface area contributed by atoms with Crippen molar-refractivity contribution in [2.45, 2.75) is 26.5 Å². The molecule has 0 radical (unpaired) electrons. The number of ether oxygens (including phenoxy) is 2. The van der Waals surface area contributed by atoms with Crippen molar-refractivity contribution < 1.29 is 14.3 Å². The van der Waals surface area contributed by atoms with E-state index in [1.165, 1.54) is 0 Å². The predicted octanol–water partition coefficient (Wildman–Crippen LogP) is 1.53. The molecule has 0 spiro atoms. The second-order valence-corrected chi connectivity index (χ2v) is 4.38. The summed E-state index contributed by atoms with van der Waals surface area (Å²) in [5, 5.41) is 2.78. The van der Waals surface area contributed by atoms with E-state index in [0.29, 0.717) is 19.8 Å². The van der Waals surface area contributed by atoms with Crippen LogP contribution in [-0.4, -0.2) is 31.8 Å². The van der Waals surface area contributed by atoms with Gasteiger partial charge >= 0.3 is 0 Å². The van der Waals surface area contributed by atoms with E-state index in [9.17, 15) is 4.79 Å². The number of hydrogen-bond donors (Lipinski definition) is 2. The fraction of sp³-hybridized carbons (Fsp3) is 0.500. The standard InChI is InChI=1S/C14H22N2O3/c1-11(2)19-8-7-18-10-14(17)16-13-6-4-3-5-12(13)9-15/h3-6,11H,7-10,15H2,1-2H3,(H,16,17). The van der Waals surface area contributed by atoms with Crippen LogP contribution in [0.25, 0.3) is 0 Å². The number of nitrogens with one attached hydrogen (secondary N) is 1. The van der Waals surface area contributed by atoms with E-state index >= 15 is 0 Å². The molecule has 0 aliphatic carbocycles. The molecular formula is C14H22N2O3. The molecule has 5 heteroatoms. The van der Waals surface area contributed by atoms with Crippen molar-refractivity contribution in [3.05, 3.63) is 29.8 Å². The third-order valence-corrected chi connectivity index (χ3v) is 2.42. The van der Waals surface area contributed by atoms with E-state index in [4.69, 9.17) is 15.2 Å². The zero-order valence-electron chi connectivity index (χ0n) is 11.5. The molecule has 0 saturated heterocycles. The summed E-state index contributed by atoms with van der Waals surface area (Å²) in [6.07, 6.45) is 0.175. The Hall–Kier alpha value is -1.43. The van der Waals surface area contributed by atoms with Crippen molar-refractivity contribution in [3.63, 3.8) is 0 Å². The van der Waals surface area contributed by atoms with Crippen LogP contribution in [-0.2, 0) is 20.8 Å². The lowest BCUT2D eigenvalue weighted by molar-refractivity contribution is -0.121. The molecule has 1 aromatic carbocycles. The highest BCUT2D eigenvalue weighted by Gasteiger charge is 2.05. The van der Waals surface area contributed by atoms with Gasteiger partial charge in [-0.3, -0.25) is 4.79 Å². The molecule has 0 atom stereocenters. The highest BCUT2D eigenvalue weighted by atomic mass is 16.5. The Morgan fingerprint density at radius 2 is 2.05 bits per heavy atom. The molecule has 0 aliphatic heterocycles. The van der Waals surface area contributed by atoms with Crippen molar-refractivity contribution in [1.29, 1.82) is 0 Å². The molecule has 1 amide bonds. The Morgan fingerprint density at radius 1 is 1.32 bits per heavy atom. The number of anilines is 1. The number of hydrogen-bond acceptors (Lipinski definition) is 4. The summed E-state index contributed by atoms with van der Waals surface area (Å²) in [6, 6.07) is 7.44. The average Bonchev–Trinajstić information content (AvgIpc) is 2.38. The van der Waals surface area contributed by atoms with Gasteiger partial charge in [0.1, 0.15) is 6.61 Å². The molecule has 1 rings (SSSR count). The Morgan fingerprint density at radius 3 is 2.74 bits per heavy atom. The topological polar surface area (TPSA) is 73.6 Å². The molecule has 0 saturated carbocycles. The zero-order valence-corrected chi connectivity index (χ0v) is 11.5. The van der Waals surface area contributed by atoms with Crippen LogP contribution in [0.1, 0.15) is 19.4 Å². The van der Waals surface area contributed by atoms with Gasteiger partial charge in [-0.15, -0.1) is 0 Å². The van der Waals surface area contributed by atoms with Crippen LogP contribution in [0, 0.1) is 0 Å². The van der Waals surface area contributed by atoms with Crippen LogP contribution in [0.2, 0.25) is 0 Å². The zero-order chi connectivity index (χ0) is 14.1. The van der Waals surface area contributed by atoms with Gasteiger partial charge in [0.2, 0.25) is 5.91 Å². The van der Waals surface area contributed by atoms with Gasteiger partial charge in [-0.1, -0.05) is 18.2 Å². The second kappa shape index (κ2) is 8.63. The normalized spacial score (nSPS) is 10.7. The molecule has 0 fully saturated rings. The van der Waals surface area contributed by atoms with Gasteiger partial charge < -0.3 is 20.5 Å². The van der Waals surface area contributed by atoms with Gasteiger partial charge in [0.25, 0.3) is 0 Å². The van der Waals surface area contributed by atoms with Gasteiger partial charge in [0, 0.05) is 12.2 Å². The monoisotopic (exact) mass is 266 g/mol. The first-order valence-corrected chi connectivity index (χ1v) is 6.40. The van der Waals surface area contributed by atoms with Crippen LogP contribution in [0.3, 0.4) is 0 Å². The van der Waals surface area contributed by atoms with E-state index < -0.39 is 0 Å². The summed E-state index contributed by atoms with van der Waals surface area (Å²) < 4.78 is 10.5. The smallest absolute Gasteiger partial charge is 0.250 e. The highest BCUT2D eigenvalue weighted by molar-refractivity contribution is 5.92. The Labute approximate surface area is 114 Å². The molecule has 0 aromatic heterocycles. The molecule has 19 heavy (non-hydrogen) atoms. The van der Waals surface area contributed by atoms with E-state index in [0.717, 1.165) is 11.3 Å². The Bertz CT molecular complexity index is 394. The lowest BCUT2D eigenvalue weighted by Gasteiger charge is -2.10. The first kappa shape index (κ1) is 15.6. The van der Waals surface area contributed by atoms with Crippen LogP contribution in [0.15, 0.2) is 24.3 Å². The average molecular weight is 266 g/mol. The minimum atomic E-state index is -0.189. The molecule has 0 aliphatic rings. The third kappa shape index (κ3) is 6.33. The van der Waals surface area contributed by atoms with Gasteiger partial charge in [0.15, 0.2) is 0 Å². The summed E-state index contributed by atoms with van der Waals surface area (Å²) in [5.41, 5.74) is 7.23. The molecule has 5 nitrogen and oxygen atoms in total. The lowest BCUT2D eigenvalue weighted by atomic mass is 10.2. The van der Waals surface area contributed by atoms with Crippen molar-refractivity contribution in [2.75, 3.05) is 25.1 Å². The fourth-order valence-corrected chi connectivity index (χ4v) is 1.51. The van der Waals surface area contributed by atoms with Crippen LogP contribution >= 0.6 is 0 Å². The number of rotatable bonds is 8. The summed E-state index contributed by atoms with van der Waals surface area (Å²) in [7, 11) is 0. The van der Waals surface area contributed by atoms with Crippen LogP contribution < -0.4 is 11.1 Å². The van der Waals surface area contributed by atoms with Crippen LogP contribution in [0.4, 0.5) is 5.69 Å². The minimum Gasteiger partial charge on any atom is -0.376 e. The van der Waals surface area contributed by atoms with Crippen molar-refractivity contribution >= 4 is 11.6 Å². The largest absolute Gasteiger partial charge is 0.376 e. The Balaban J connectivity index is 2.27. The molecule has 0 unspecified atom stereocenters. The number of amides is 1. The summed E-state index contributed by atoms with van der Waals surface area (Å²) >= 11 is 0. The maximum absolute atomic E-state index is 11.7. The molecule has 1 aromatic rings. The number of carbonyl (C=O) groups excluding carboxylic acids is 1. The maximum Gasteiger partial charge on any atom is 0.250 e. The third-order valence-electron chi connectivity index (χ3n) is 2.42. The number of carbonyl (C=O) groups is 1. The van der Waals surface area contributed by atoms with Crippen molar-refractivity contribution in [3.8, 4) is 0 Å². The second-order valence-electron chi connectivity index (χ2n) is 4.38. The number of para-hydroxylation sites is 1. The molecule has 0 bridgehead atoms. The summed E-state index contributed by atoms with van der Waals surface area (Å²) in [4.78, 5) is 11.7. The van der Waals surface area contributed by atoms with Gasteiger partial charge in [-0.2, -0.15) is 0 Å². The fourth-order valence-electron chi connectivity index (χ4n) is 1.51. The summed E-state index contributed by atoms with van der Waals surface area (Å²) in [6.45, 7) is 5.21. The first-order valence-electron chi connectivity index (χ1n) is 6.40. The van der Waals surface area contributed by atoms with E-state index in [1.54, 1.807) is 0 Å². The molecule has 0 heterocycles. The lowest BCUT2D eigenvalue weighted by Crippen LogP contribution is -2.21. The number of benzene rings is 1. The van der Waals surface area contributed by atoms with Gasteiger partial charge in [-0.05, 0) is 25.5 Å². The molecule has 3 N–H and O–H groups in total. The Kier molecular flexibility index (Phi) is 7.10. The molecular weight excluding hydrogens is 244 g/mol. The van der Waals surface area contributed by atoms with Crippen molar-refractivity contribution in [2.24, 2.45) is 5.73 Å². The highest BCUT2D eigenvalue weighted by Crippen LogP contribution is 2.13. The first-order chi connectivity index (χ1) is 9.13. The van der Waals surface area contributed by atoms with E-state index in [2.05, 4.69) is 5.32 Å².